The first-order valence-electron chi connectivity index (χ1n) is 6.93. The zero-order valence-electron chi connectivity index (χ0n) is 13.1. The maximum atomic E-state index is 14.1. The van der Waals surface area contributed by atoms with Crippen molar-refractivity contribution >= 4 is 11.7 Å². The van der Waals surface area contributed by atoms with Crippen molar-refractivity contribution in [3.63, 3.8) is 0 Å². The van der Waals surface area contributed by atoms with Gasteiger partial charge in [-0.1, -0.05) is 0 Å². The summed E-state index contributed by atoms with van der Waals surface area (Å²) in [7, 11) is 1.49. The normalized spacial score (nSPS) is 12.9. The van der Waals surface area contributed by atoms with E-state index in [1.54, 1.807) is 19.1 Å². The molecule has 0 aliphatic heterocycles. The summed E-state index contributed by atoms with van der Waals surface area (Å²) in [6.07, 6.45) is -4.45. The number of hydrogen-bond donors (Lipinski definition) is 1. The van der Waals surface area contributed by atoms with Crippen LogP contribution in [-0.2, 0) is 14.3 Å². The fourth-order valence-electron chi connectivity index (χ4n) is 1.74. The number of hydrogen-bond acceptors (Lipinski definition) is 5. The van der Waals surface area contributed by atoms with Crippen molar-refractivity contribution in [1.29, 1.82) is 0 Å². The lowest BCUT2D eigenvalue weighted by Crippen LogP contribution is -2.49. The number of nitrogens with one attached hydrogen (secondary N) is 1. The summed E-state index contributed by atoms with van der Waals surface area (Å²) in [5.74, 6) is -0.507. The minimum atomic E-state index is -3.71. The molecular formula is C15H21F2NO4. The molecule has 22 heavy (non-hydrogen) atoms. The molecule has 1 rings (SSSR count). The van der Waals surface area contributed by atoms with Gasteiger partial charge in [0.1, 0.15) is 5.75 Å². The maximum Gasteiger partial charge on any atom is 0.387 e. The molecule has 1 aromatic rings. The highest BCUT2D eigenvalue weighted by Gasteiger charge is 2.48. The Balaban J connectivity index is 2.96. The predicted molar refractivity (Wildman–Crippen MR) is 78.2 cm³/mol. The third-order valence-electron chi connectivity index (χ3n) is 2.65. The molecule has 1 atom stereocenters. The van der Waals surface area contributed by atoms with Gasteiger partial charge in [0.2, 0.25) is 6.04 Å². The second-order valence-corrected chi connectivity index (χ2v) is 4.79. The lowest BCUT2D eigenvalue weighted by molar-refractivity contribution is -0.264. The average molecular weight is 317 g/mol. The van der Waals surface area contributed by atoms with Crippen molar-refractivity contribution in [2.24, 2.45) is 0 Å². The largest absolute Gasteiger partial charge is 0.497 e. The molecule has 124 valence electrons. The molecule has 0 saturated carbocycles. The van der Waals surface area contributed by atoms with E-state index >= 15 is 0 Å². The van der Waals surface area contributed by atoms with Crippen LogP contribution < -0.4 is 10.1 Å². The van der Waals surface area contributed by atoms with E-state index in [0.717, 1.165) is 0 Å². The van der Waals surface area contributed by atoms with E-state index in [-0.39, 0.29) is 6.61 Å². The second kappa shape index (κ2) is 7.93. The minimum Gasteiger partial charge on any atom is -0.497 e. The molecule has 0 aromatic heterocycles. The third-order valence-corrected chi connectivity index (χ3v) is 2.65. The SMILES string of the molecule is CCOC(=O)[C@@H](Nc1ccc(OC)cc1)C(F)(F)OC(C)C. The Labute approximate surface area is 128 Å². The first-order valence-corrected chi connectivity index (χ1v) is 6.93. The quantitative estimate of drug-likeness (QED) is 0.747. The molecule has 0 aliphatic carbocycles. The molecule has 0 saturated heterocycles. The Hall–Kier alpha value is -1.89. The van der Waals surface area contributed by atoms with Gasteiger partial charge in [0.05, 0.1) is 19.8 Å². The van der Waals surface area contributed by atoms with Crippen LogP contribution in [0.25, 0.3) is 0 Å². The molecule has 7 heteroatoms. The van der Waals surface area contributed by atoms with Crippen LogP contribution in [0, 0.1) is 0 Å². The lowest BCUT2D eigenvalue weighted by atomic mass is 10.2. The van der Waals surface area contributed by atoms with E-state index in [0.29, 0.717) is 11.4 Å². The van der Waals surface area contributed by atoms with E-state index in [1.165, 1.54) is 33.1 Å². The van der Waals surface area contributed by atoms with E-state index in [9.17, 15) is 13.6 Å². The number of ether oxygens (including phenoxy) is 3. The Morgan fingerprint density at radius 2 is 1.86 bits per heavy atom. The number of methoxy groups -OCH3 is 1. The molecular weight excluding hydrogens is 296 g/mol. The molecule has 5 nitrogen and oxygen atoms in total. The van der Waals surface area contributed by atoms with Gasteiger partial charge in [-0.25, -0.2) is 4.79 Å². The topological polar surface area (TPSA) is 56.8 Å². The fraction of sp³-hybridized carbons (Fsp3) is 0.533. The molecule has 0 spiro atoms. The predicted octanol–water partition coefficient (Wildman–Crippen LogP) is 3.06. The maximum absolute atomic E-state index is 14.1. The summed E-state index contributed by atoms with van der Waals surface area (Å²) < 4.78 is 42.5. The molecule has 0 fully saturated rings. The number of benzene rings is 1. The standard InChI is InChI=1S/C15H21F2NO4/c1-5-21-14(19)13(15(16,17)22-10(2)3)18-11-6-8-12(20-4)9-7-11/h6-10,13,18H,5H2,1-4H3/t13-/m1/s1. The van der Waals surface area contributed by atoms with Gasteiger partial charge in [-0.2, -0.15) is 8.78 Å². The molecule has 1 aromatic carbocycles. The molecule has 0 heterocycles. The minimum absolute atomic E-state index is 0.00259. The molecule has 0 unspecified atom stereocenters. The summed E-state index contributed by atoms with van der Waals surface area (Å²) in [6, 6.07) is 4.29. The van der Waals surface area contributed by atoms with Crippen molar-refractivity contribution < 1.29 is 27.8 Å². The van der Waals surface area contributed by atoms with Crippen molar-refractivity contribution in [2.45, 2.75) is 39.0 Å². The Bertz CT molecular complexity index is 477. The van der Waals surface area contributed by atoms with Gasteiger partial charge in [0, 0.05) is 5.69 Å². The second-order valence-electron chi connectivity index (χ2n) is 4.79. The van der Waals surface area contributed by atoms with Crippen molar-refractivity contribution in [3.05, 3.63) is 24.3 Å². The van der Waals surface area contributed by atoms with Gasteiger partial charge in [-0.3, -0.25) is 0 Å². The summed E-state index contributed by atoms with van der Waals surface area (Å²) >= 11 is 0. The first-order chi connectivity index (χ1) is 10.3. The summed E-state index contributed by atoms with van der Waals surface area (Å²) in [5, 5.41) is 2.46. The van der Waals surface area contributed by atoms with Crippen LogP contribution in [0.5, 0.6) is 5.75 Å². The molecule has 0 aliphatic rings. The van der Waals surface area contributed by atoms with Crippen molar-refractivity contribution in [1.82, 2.24) is 0 Å². The summed E-state index contributed by atoms with van der Waals surface area (Å²) in [4.78, 5) is 11.8. The van der Waals surface area contributed by atoms with Crippen LogP contribution in [0.3, 0.4) is 0 Å². The van der Waals surface area contributed by atoms with Crippen LogP contribution in [0.1, 0.15) is 20.8 Å². The third kappa shape index (κ3) is 5.14. The van der Waals surface area contributed by atoms with Crippen LogP contribution in [-0.4, -0.2) is 37.9 Å². The monoisotopic (exact) mass is 317 g/mol. The molecule has 0 amide bonds. The van der Waals surface area contributed by atoms with Gasteiger partial charge in [-0.15, -0.1) is 0 Å². The first kappa shape index (κ1) is 18.2. The van der Waals surface area contributed by atoms with Gasteiger partial charge in [0.25, 0.3) is 0 Å². The van der Waals surface area contributed by atoms with Crippen molar-refractivity contribution in [3.8, 4) is 5.75 Å². The Kier molecular flexibility index (Phi) is 6.55. The number of alkyl halides is 2. The number of halogens is 2. The summed E-state index contributed by atoms with van der Waals surface area (Å²) in [5.41, 5.74) is 0.325. The van der Waals surface area contributed by atoms with Gasteiger partial charge >= 0.3 is 12.1 Å². The van der Waals surface area contributed by atoms with Crippen LogP contribution in [0.15, 0.2) is 24.3 Å². The van der Waals surface area contributed by atoms with Crippen LogP contribution in [0.4, 0.5) is 14.5 Å². The highest BCUT2D eigenvalue weighted by molar-refractivity contribution is 5.80. The number of rotatable bonds is 8. The van der Waals surface area contributed by atoms with Crippen molar-refractivity contribution in [2.75, 3.05) is 19.0 Å². The lowest BCUT2D eigenvalue weighted by Gasteiger charge is -2.28. The van der Waals surface area contributed by atoms with Gasteiger partial charge in [-0.05, 0) is 45.0 Å². The van der Waals surface area contributed by atoms with Crippen LogP contribution >= 0.6 is 0 Å². The number of esters is 1. The fourth-order valence-corrected chi connectivity index (χ4v) is 1.74. The Morgan fingerprint density at radius 3 is 2.32 bits per heavy atom. The average Bonchev–Trinajstić information content (AvgIpc) is 2.44. The highest BCUT2D eigenvalue weighted by Crippen LogP contribution is 2.27. The molecule has 0 bridgehead atoms. The number of carbonyl (C=O) groups is 1. The molecule has 0 radical (unpaired) electrons. The van der Waals surface area contributed by atoms with E-state index in [2.05, 4.69) is 10.1 Å². The van der Waals surface area contributed by atoms with Gasteiger partial charge in [0.15, 0.2) is 0 Å². The number of carbonyl (C=O) groups excluding carboxylic acids is 1. The Morgan fingerprint density at radius 1 is 1.27 bits per heavy atom. The smallest absolute Gasteiger partial charge is 0.387 e. The van der Waals surface area contributed by atoms with Gasteiger partial charge < -0.3 is 19.5 Å². The highest BCUT2D eigenvalue weighted by atomic mass is 19.3. The zero-order valence-corrected chi connectivity index (χ0v) is 13.1. The zero-order chi connectivity index (χ0) is 16.8. The van der Waals surface area contributed by atoms with Crippen LogP contribution in [0.2, 0.25) is 0 Å². The number of anilines is 1. The molecule has 1 N–H and O–H groups in total. The van der Waals surface area contributed by atoms with E-state index in [1.807, 2.05) is 0 Å². The van der Waals surface area contributed by atoms with E-state index in [4.69, 9.17) is 9.47 Å². The van der Waals surface area contributed by atoms with E-state index < -0.39 is 24.2 Å². The summed E-state index contributed by atoms with van der Waals surface area (Å²) in [6.45, 7) is 4.47.